The van der Waals surface area contributed by atoms with Crippen molar-refractivity contribution >= 4 is 28.0 Å². The minimum absolute atomic E-state index is 0.141. The molecule has 1 aromatic heterocycles. The minimum Gasteiger partial charge on any atom is -0.480 e. The zero-order valence-corrected chi connectivity index (χ0v) is 20.4. The van der Waals surface area contributed by atoms with Crippen molar-refractivity contribution < 1.29 is 9.15 Å². The summed E-state index contributed by atoms with van der Waals surface area (Å²) in [5.41, 5.74) is 5.84. The van der Waals surface area contributed by atoms with E-state index in [1.807, 2.05) is 80.6 Å². The highest BCUT2D eigenvalue weighted by Crippen LogP contribution is 2.42. The van der Waals surface area contributed by atoms with Gasteiger partial charge >= 0.3 is 0 Å². The van der Waals surface area contributed by atoms with Gasteiger partial charge in [-0.2, -0.15) is 5.26 Å². The number of hydrogen-bond donors (Lipinski definition) is 0. The fraction of sp³-hybridized carbons (Fsp3) is 0.103. The van der Waals surface area contributed by atoms with Crippen LogP contribution in [0.25, 0.3) is 22.5 Å². The Bertz CT molecular complexity index is 1430. The van der Waals surface area contributed by atoms with E-state index in [2.05, 4.69) is 32.9 Å². The molecule has 166 valence electrons. The summed E-state index contributed by atoms with van der Waals surface area (Å²) in [6, 6.07) is 23.9. The lowest BCUT2D eigenvalue weighted by Gasteiger charge is -2.06. The van der Waals surface area contributed by atoms with E-state index in [4.69, 9.17) is 15.6 Å². The second-order valence-electron chi connectivity index (χ2n) is 7.76. The number of nitriles is 1. The molecule has 1 heterocycles. The van der Waals surface area contributed by atoms with Crippen LogP contribution in [0.5, 0.6) is 5.75 Å². The quantitative estimate of drug-likeness (QED) is 0.198. The standard InChI is InChI=1S/C29H21BrN2O2/c1-4-15-33-26-14-13-24(30)16-23(26)18-32-29-25(17-31)27(21-9-5-19(2)6-10-21)28(34-29)22-11-7-20(3)8-12-22/h1,5-14,16,18H,15H2,2-3H3. The molecule has 0 unspecified atom stereocenters. The Morgan fingerprint density at radius 1 is 1.00 bits per heavy atom. The van der Waals surface area contributed by atoms with Crippen LogP contribution in [0.2, 0.25) is 0 Å². The van der Waals surface area contributed by atoms with Crippen LogP contribution in [0.4, 0.5) is 5.88 Å². The number of terminal acetylenes is 1. The van der Waals surface area contributed by atoms with Gasteiger partial charge in [0.05, 0.1) is 0 Å². The van der Waals surface area contributed by atoms with Crippen LogP contribution < -0.4 is 4.74 Å². The topological polar surface area (TPSA) is 58.5 Å². The first-order chi connectivity index (χ1) is 16.5. The van der Waals surface area contributed by atoms with Gasteiger partial charge in [0.1, 0.15) is 29.7 Å². The molecule has 0 radical (unpaired) electrons. The van der Waals surface area contributed by atoms with Crippen LogP contribution in [-0.4, -0.2) is 12.8 Å². The van der Waals surface area contributed by atoms with Crippen molar-refractivity contribution in [3.8, 4) is 46.6 Å². The molecule has 0 amide bonds. The molecule has 0 bridgehead atoms. The fourth-order valence-electron chi connectivity index (χ4n) is 3.52. The Hall–Kier alpha value is -4.06. The minimum atomic E-state index is 0.141. The zero-order chi connectivity index (χ0) is 24.1. The van der Waals surface area contributed by atoms with Gasteiger partial charge in [-0.05, 0) is 37.6 Å². The highest BCUT2D eigenvalue weighted by Gasteiger charge is 2.23. The second-order valence-corrected chi connectivity index (χ2v) is 8.68. The molecule has 0 aliphatic carbocycles. The van der Waals surface area contributed by atoms with Crippen LogP contribution in [0.15, 0.2) is 80.6 Å². The van der Waals surface area contributed by atoms with E-state index in [1.165, 1.54) is 0 Å². The Morgan fingerprint density at radius 3 is 2.26 bits per heavy atom. The van der Waals surface area contributed by atoms with E-state index in [1.54, 1.807) is 6.21 Å². The molecule has 0 fully saturated rings. The first kappa shape index (κ1) is 23.1. The first-order valence-corrected chi connectivity index (χ1v) is 11.4. The van der Waals surface area contributed by atoms with E-state index in [0.29, 0.717) is 22.6 Å². The molecular formula is C29H21BrN2O2. The lowest BCUT2D eigenvalue weighted by Crippen LogP contribution is -1.97. The van der Waals surface area contributed by atoms with Crippen molar-refractivity contribution in [1.82, 2.24) is 0 Å². The summed E-state index contributed by atoms with van der Waals surface area (Å²) in [6.45, 7) is 4.20. The molecular weight excluding hydrogens is 488 g/mol. The molecule has 4 rings (SSSR count). The summed E-state index contributed by atoms with van der Waals surface area (Å²) >= 11 is 3.47. The van der Waals surface area contributed by atoms with Crippen molar-refractivity contribution in [2.24, 2.45) is 4.99 Å². The van der Waals surface area contributed by atoms with Crippen LogP contribution in [0.1, 0.15) is 22.3 Å². The number of aliphatic imine (C=N–C) groups is 1. The highest BCUT2D eigenvalue weighted by molar-refractivity contribution is 9.10. The van der Waals surface area contributed by atoms with Gasteiger partial charge in [0.25, 0.3) is 0 Å². The molecule has 0 atom stereocenters. The first-order valence-electron chi connectivity index (χ1n) is 10.6. The number of rotatable bonds is 6. The number of ether oxygens (including phenoxy) is 1. The van der Waals surface area contributed by atoms with E-state index >= 15 is 0 Å². The predicted molar refractivity (Wildman–Crippen MR) is 139 cm³/mol. The van der Waals surface area contributed by atoms with Crippen molar-refractivity contribution in [2.75, 3.05) is 6.61 Å². The number of furan rings is 1. The molecule has 0 spiro atoms. The van der Waals surface area contributed by atoms with Crippen LogP contribution in [0.3, 0.4) is 0 Å². The van der Waals surface area contributed by atoms with E-state index in [9.17, 15) is 5.26 Å². The predicted octanol–water partition coefficient (Wildman–Crippen LogP) is 7.63. The number of nitrogens with zero attached hydrogens (tertiary/aromatic N) is 2. The molecule has 4 aromatic rings. The van der Waals surface area contributed by atoms with Crippen LogP contribution in [-0.2, 0) is 0 Å². The van der Waals surface area contributed by atoms with Crippen molar-refractivity contribution in [3.63, 3.8) is 0 Å². The molecule has 34 heavy (non-hydrogen) atoms. The molecule has 0 saturated heterocycles. The third-order valence-electron chi connectivity index (χ3n) is 5.26. The SMILES string of the molecule is C#CCOc1ccc(Br)cc1C=Nc1oc(-c2ccc(C)cc2)c(-c2ccc(C)cc2)c1C#N. The van der Waals surface area contributed by atoms with Crippen molar-refractivity contribution in [1.29, 1.82) is 5.26 Å². The summed E-state index contributed by atoms with van der Waals surface area (Å²) in [5.74, 6) is 3.89. The fourth-order valence-corrected chi connectivity index (χ4v) is 3.90. The molecule has 0 N–H and O–H groups in total. The second kappa shape index (κ2) is 10.3. The Kier molecular flexibility index (Phi) is 6.97. The summed E-state index contributed by atoms with van der Waals surface area (Å²) in [4.78, 5) is 4.56. The van der Waals surface area contributed by atoms with Gasteiger partial charge < -0.3 is 9.15 Å². The normalized spacial score (nSPS) is 10.7. The largest absolute Gasteiger partial charge is 0.480 e. The van der Waals surface area contributed by atoms with Gasteiger partial charge in [-0.15, -0.1) is 6.42 Å². The van der Waals surface area contributed by atoms with Gasteiger partial charge in [0, 0.05) is 27.4 Å². The van der Waals surface area contributed by atoms with E-state index < -0.39 is 0 Å². The van der Waals surface area contributed by atoms with Crippen LogP contribution >= 0.6 is 15.9 Å². The number of halogens is 1. The Morgan fingerprint density at radius 2 is 1.65 bits per heavy atom. The lowest BCUT2D eigenvalue weighted by molar-refractivity contribution is 0.370. The van der Waals surface area contributed by atoms with Crippen molar-refractivity contribution in [3.05, 3.63) is 93.5 Å². The zero-order valence-electron chi connectivity index (χ0n) is 18.8. The maximum Gasteiger partial charge on any atom is 0.238 e. The third-order valence-corrected chi connectivity index (χ3v) is 5.75. The van der Waals surface area contributed by atoms with E-state index in [0.717, 1.165) is 32.3 Å². The van der Waals surface area contributed by atoms with Crippen LogP contribution in [0, 0.1) is 37.5 Å². The van der Waals surface area contributed by atoms with Gasteiger partial charge in [-0.25, -0.2) is 4.99 Å². The number of aryl methyl sites for hydroxylation is 2. The Labute approximate surface area is 207 Å². The molecule has 4 nitrogen and oxygen atoms in total. The molecule has 3 aromatic carbocycles. The smallest absolute Gasteiger partial charge is 0.238 e. The highest BCUT2D eigenvalue weighted by atomic mass is 79.9. The van der Waals surface area contributed by atoms with E-state index in [-0.39, 0.29) is 12.5 Å². The summed E-state index contributed by atoms with van der Waals surface area (Å²) in [6.07, 6.45) is 6.96. The summed E-state index contributed by atoms with van der Waals surface area (Å²) in [7, 11) is 0. The van der Waals surface area contributed by atoms with Gasteiger partial charge in [-0.3, -0.25) is 0 Å². The lowest BCUT2D eigenvalue weighted by atomic mass is 9.97. The Balaban J connectivity index is 1.86. The molecule has 0 saturated carbocycles. The number of benzene rings is 3. The maximum absolute atomic E-state index is 10.1. The number of hydrogen-bond acceptors (Lipinski definition) is 4. The molecule has 0 aliphatic rings. The van der Waals surface area contributed by atoms with Gasteiger partial charge in [-0.1, -0.05) is 81.5 Å². The average molecular weight is 509 g/mol. The van der Waals surface area contributed by atoms with Crippen molar-refractivity contribution in [2.45, 2.75) is 13.8 Å². The van der Waals surface area contributed by atoms with Gasteiger partial charge in [0.2, 0.25) is 5.88 Å². The summed E-state index contributed by atoms with van der Waals surface area (Å²) < 4.78 is 12.7. The maximum atomic E-state index is 10.1. The summed E-state index contributed by atoms with van der Waals surface area (Å²) in [5, 5.41) is 10.1. The molecule has 0 aliphatic heterocycles. The van der Waals surface area contributed by atoms with Gasteiger partial charge in [0.15, 0.2) is 0 Å². The monoisotopic (exact) mass is 508 g/mol. The third kappa shape index (κ3) is 4.96. The molecule has 5 heteroatoms. The average Bonchev–Trinajstić information content (AvgIpc) is 3.21.